The number of aliphatic imine (C=N–C) groups is 2. The van der Waals surface area contributed by atoms with Crippen LogP contribution >= 0.6 is 11.8 Å². The lowest BCUT2D eigenvalue weighted by Gasteiger charge is -2.29. The number of alkyl halides is 1. The van der Waals surface area contributed by atoms with Crippen molar-refractivity contribution in [2.24, 2.45) is 9.98 Å². The molecule has 35 heavy (non-hydrogen) atoms. The normalized spacial score (nSPS) is 19.2. The summed E-state index contributed by atoms with van der Waals surface area (Å²) in [5.41, 5.74) is 2.99. The minimum atomic E-state index is -0.935. The molecule has 2 atom stereocenters. The van der Waals surface area contributed by atoms with Gasteiger partial charge in [0, 0.05) is 41.8 Å². The zero-order valence-electron chi connectivity index (χ0n) is 20.3. The minimum Gasteiger partial charge on any atom is -0.344 e. The summed E-state index contributed by atoms with van der Waals surface area (Å²) in [5, 5.41) is 4.84. The van der Waals surface area contributed by atoms with Crippen LogP contribution in [0.4, 0.5) is 4.39 Å². The molecular weight excluding hydrogens is 463 g/mol. The molecule has 2 heterocycles. The van der Waals surface area contributed by atoms with Crippen molar-refractivity contribution < 1.29 is 14.0 Å². The number of ketones is 1. The van der Waals surface area contributed by atoms with Crippen LogP contribution in [0.5, 0.6) is 0 Å². The lowest BCUT2D eigenvalue weighted by Crippen LogP contribution is -2.42. The Hall–Kier alpha value is -3.26. The van der Waals surface area contributed by atoms with E-state index in [1.54, 1.807) is 43.5 Å². The molecule has 0 spiro atoms. The first-order valence-corrected chi connectivity index (χ1v) is 12.4. The topological polar surface area (TPSA) is 74.1 Å². The number of hydrogen-bond acceptors (Lipinski definition) is 6. The molecule has 1 N–H and O–H groups in total. The van der Waals surface area contributed by atoms with Crippen LogP contribution in [0.2, 0.25) is 0 Å². The fourth-order valence-corrected chi connectivity index (χ4v) is 4.57. The predicted octanol–water partition coefficient (Wildman–Crippen LogP) is 4.88. The number of thioether (sulfide) groups is 1. The number of nitrogens with zero attached hydrogens (tertiary/aromatic N) is 3. The van der Waals surface area contributed by atoms with Crippen molar-refractivity contribution in [1.82, 2.24) is 10.2 Å². The molecule has 1 fully saturated rings. The third-order valence-corrected chi connectivity index (χ3v) is 6.49. The summed E-state index contributed by atoms with van der Waals surface area (Å²) < 4.78 is 13.3. The summed E-state index contributed by atoms with van der Waals surface area (Å²) in [7, 11) is 1.70. The van der Waals surface area contributed by atoms with E-state index in [4.69, 9.17) is 4.99 Å². The summed E-state index contributed by atoms with van der Waals surface area (Å²) in [6.45, 7) is 8.50. The maximum absolute atomic E-state index is 13.3. The van der Waals surface area contributed by atoms with Gasteiger partial charge in [0.15, 0.2) is 0 Å². The van der Waals surface area contributed by atoms with Crippen LogP contribution in [-0.4, -0.2) is 60.5 Å². The Balaban J connectivity index is 1.86. The van der Waals surface area contributed by atoms with E-state index < -0.39 is 17.9 Å². The first kappa shape index (κ1) is 26.3. The van der Waals surface area contributed by atoms with Crippen molar-refractivity contribution in [3.8, 4) is 0 Å². The molecule has 2 unspecified atom stereocenters. The average molecular weight is 495 g/mol. The van der Waals surface area contributed by atoms with Crippen molar-refractivity contribution in [3.63, 3.8) is 0 Å². The average Bonchev–Trinajstić information content (AvgIpc) is 3.28. The van der Waals surface area contributed by atoms with Gasteiger partial charge in [0.2, 0.25) is 5.78 Å². The van der Waals surface area contributed by atoms with Crippen LogP contribution in [0.25, 0.3) is 0 Å². The Morgan fingerprint density at radius 3 is 2.77 bits per heavy atom. The van der Waals surface area contributed by atoms with Crippen molar-refractivity contribution >= 4 is 35.0 Å². The smallest absolute Gasteiger partial charge is 0.292 e. The number of nitrogens with one attached hydrogen (secondary N) is 1. The van der Waals surface area contributed by atoms with Crippen LogP contribution in [0.1, 0.15) is 37.0 Å². The predicted molar refractivity (Wildman–Crippen MR) is 143 cm³/mol. The largest absolute Gasteiger partial charge is 0.344 e. The third-order valence-electron chi connectivity index (χ3n) is 5.62. The van der Waals surface area contributed by atoms with Crippen LogP contribution < -0.4 is 5.32 Å². The number of benzene rings is 1. The number of rotatable bonds is 10. The SMILES string of the molecule is C=C(S/C=C\C)C1=NCC(C(/C=C\CC(C)F)=N/C)=C2CC(NC(=O)C(=O)c3ccccc3)CN12. The molecule has 0 bridgehead atoms. The van der Waals surface area contributed by atoms with Crippen LogP contribution in [0.3, 0.4) is 0 Å². The van der Waals surface area contributed by atoms with Crippen molar-refractivity contribution in [2.45, 2.75) is 38.9 Å². The van der Waals surface area contributed by atoms with Gasteiger partial charge in [-0.25, -0.2) is 4.39 Å². The van der Waals surface area contributed by atoms with E-state index in [2.05, 4.69) is 16.9 Å². The monoisotopic (exact) mass is 494 g/mol. The van der Waals surface area contributed by atoms with Gasteiger partial charge in [-0.2, -0.15) is 0 Å². The second-order valence-electron chi connectivity index (χ2n) is 8.28. The van der Waals surface area contributed by atoms with E-state index in [0.717, 1.165) is 27.7 Å². The minimum absolute atomic E-state index is 0.282. The number of halogens is 1. The fourth-order valence-electron chi connectivity index (χ4n) is 3.99. The molecule has 0 saturated carbocycles. The van der Waals surface area contributed by atoms with Gasteiger partial charge in [-0.05, 0) is 31.8 Å². The van der Waals surface area contributed by atoms with E-state index in [1.165, 1.54) is 18.7 Å². The maximum Gasteiger partial charge on any atom is 0.292 e. The van der Waals surface area contributed by atoms with Gasteiger partial charge in [0.1, 0.15) is 12.0 Å². The van der Waals surface area contributed by atoms with Gasteiger partial charge in [-0.1, -0.05) is 60.8 Å². The number of hydrogen-bond donors (Lipinski definition) is 1. The number of allylic oxidation sites excluding steroid dienone is 3. The molecule has 0 aliphatic carbocycles. The van der Waals surface area contributed by atoms with Crippen LogP contribution in [-0.2, 0) is 4.79 Å². The van der Waals surface area contributed by atoms with Gasteiger partial charge >= 0.3 is 0 Å². The van der Waals surface area contributed by atoms with E-state index >= 15 is 0 Å². The third kappa shape index (κ3) is 6.66. The molecule has 184 valence electrons. The highest BCUT2D eigenvalue weighted by atomic mass is 32.2. The summed E-state index contributed by atoms with van der Waals surface area (Å²) in [5.74, 6) is -0.453. The second kappa shape index (κ2) is 12.4. The maximum atomic E-state index is 13.3. The van der Waals surface area contributed by atoms with E-state index in [9.17, 15) is 14.0 Å². The summed E-state index contributed by atoms with van der Waals surface area (Å²) in [4.78, 5) is 37.3. The molecule has 8 heteroatoms. The van der Waals surface area contributed by atoms with Crippen LogP contribution in [0.15, 0.2) is 86.7 Å². The lowest BCUT2D eigenvalue weighted by molar-refractivity contribution is -0.117. The number of carbonyl (C=O) groups is 2. The molecule has 3 rings (SSSR count). The quantitative estimate of drug-likeness (QED) is 0.286. The van der Waals surface area contributed by atoms with Crippen molar-refractivity contribution in [2.75, 3.05) is 20.1 Å². The summed E-state index contributed by atoms with van der Waals surface area (Å²) in [6.07, 6.45) is 5.42. The second-order valence-corrected chi connectivity index (χ2v) is 9.28. The highest BCUT2D eigenvalue weighted by Crippen LogP contribution is 2.34. The van der Waals surface area contributed by atoms with Crippen LogP contribution in [0, 0.1) is 0 Å². The lowest BCUT2D eigenvalue weighted by atomic mass is 10.0. The molecule has 1 aromatic rings. The van der Waals surface area contributed by atoms with Gasteiger partial charge in [0.05, 0.1) is 18.3 Å². The fraction of sp³-hybridized carbons (Fsp3) is 0.333. The Morgan fingerprint density at radius 1 is 1.37 bits per heavy atom. The number of carbonyl (C=O) groups excluding carboxylic acids is 2. The Morgan fingerprint density at radius 2 is 2.11 bits per heavy atom. The standard InChI is InChI=1S/C27H31FN4O2S/c1-5-14-35-19(3)26-30-16-22(23(29-4)13-9-10-18(2)28)24-15-21(17-32(24)26)31-27(34)25(33)20-11-7-6-8-12-20/h5-9,11-14,18,21H,3,10,15-17H2,1-2,4H3,(H,31,34)/b13-9-,14-5-,29-23+. The molecule has 1 saturated heterocycles. The Labute approximate surface area is 210 Å². The van der Waals surface area contributed by atoms with Gasteiger partial charge in [-0.15, -0.1) is 0 Å². The Kier molecular flexibility index (Phi) is 9.37. The molecular formula is C27H31FN4O2S. The molecule has 1 aromatic carbocycles. The molecule has 1 amide bonds. The van der Waals surface area contributed by atoms with Crippen molar-refractivity contribution in [1.29, 1.82) is 0 Å². The zero-order valence-corrected chi connectivity index (χ0v) is 21.1. The molecule has 0 aromatic heterocycles. The first-order chi connectivity index (χ1) is 16.8. The summed E-state index contributed by atoms with van der Waals surface area (Å²) >= 11 is 1.48. The van der Waals surface area contributed by atoms with Gasteiger partial charge in [-0.3, -0.25) is 19.6 Å². The number of amides is 1. The number of Topliss-reactive ketones (excluding diaryl/α,β-unsaturated/α-hetero) is 1. The number of amidine groups is 1. The van der Waals surface area contributed by atoms with Gasteiger partial charge in [0.25, 0.3) is 5.91 Å². The zero-order chi connectivity index (χ0) is 25.4. The number of fused-ring (bicyclic) bond motifs is 1. The van der Waals surface area contributed by atoms with E-state index in [1.807, 2.05) is 29.4 Å². The van der Waals surface area contributed by atoms with Gasteiger partial charge < -0.3 is 10.2 Å². The highest BCUT2D eigenvalue weighted by Gasteiger charge is 2.37. The Bertz CT molecular complexity index is 1120. The van der Waals surface area contributed by atoms with Crippen molar-refractivity contribution in [3.05, 3.63) is 82.3 Å². The van der Waals surface area contributed by atoms with E-state index in [-0.39, 0.29) is 6.04 Å². The summed E-state index contributed by atoms with van der Waals surface area (Å²) in [6, 6.07) is 8.23. The first-order valence-electron chi connectivity index (χ1n) is 11.5. The molecule has 2 aliphatic heterocycles. The molecule has 2 aliphatic rings. The highest BCUT2D eigenvalue weighted by molar-refractivity contribution is 8.06. The molecule has 6 nitrogen and oxygen atoms in total. The molecule has 0 radical (unpaired) electrons. The van der Waals surface area contributed by atoms with E-state index in [0.29, 0.717) is 31.5 Å².